The van der Waals surface area contributed by atoms with Crippen molar-refractivity contribution in [3.8, 4) is 17.0 Å². The van der Waals surface area contributed by atoms with Gasteiger partial charge >= 0.3 is 0 Å². The molecule has 0 saturated carbocycles. The molecule has 0 N–H and O–H groups in total. The summed E-state index contributed by atoms with van der Waals surface area (Å²) in [5, 5.41) is 12.7. The summed E-state index contributed by atoms with van der Waals surface area (Å²) in [7, 11) is 0. The van der Waals surface area contributed by atoms with Gasteiger partial charge < -0.3 is 9.64 Å². The highest BCUT2D eigenvalue weighted by molar-refractivity contribution is 5.61. The van der Waals surface area contributed by atoms with Gasteiger partial charge in [0.05, 0.1) is 12.3 Å². The van der Waals surface area contributed by atoms with Crippen molar-refractivity contribution in [1.82, 2.24) is 24.7 Å². The summed E-state index contributed by atoms with van der Waals surface area (Å²) >= 11 is 0. The van der Waals surface area contributed by atoms with Crippen molar-refractivity contribution in [2.75, 3.05) is 26.2 Å². The number of rotatable bonds is 6. The van der Waals surface area contributed by atoms with E-state index >= 15 is 0 Å². The maximum absolute atomic E-state index is 5.89. The van der Waals surface area contributed by atoms with Gasteiger partial charge in [-0.2, -0.15) is 9.61 Å². The number of benzene rings is 1. The van der Waals surface area contributed by atoms with Gasteiger partial charge in [-0.3, -0.25) is 0 Å². The molecule has 2 aromatic heterocycles. The number of likely N-dealkylation sites (tertiary alicyclic amines) is 1. The molecule has 0 atom stereocenters. The van der Waals surface area contributed by atoms with Crippen LogP contribution in [0.2, 0.25) is 0 Å². The first kappa shape index (κ1) is 17.0. The minimum atomic E-state index is 0.764. The highest BCUT2D eigenvalue weighted by Crippen LogP contribution is 2.21. The van der Waals surface area contributed by atoms with Crippen molar-refractivity contribution in [3.05, 3.63) is 42.2 Å². The SMILES string of the molecule is Cc1nnc2ccc(-c3ccc(OCCCN4CCCCC4)cc3)nn12. The summed E-state index contributed by atoms with van der Waals surface area (Å²) in [6, 6.07) is 12.0. The van der Waals surface area contributed by atoms with Gasteiger partial charge in [-0.15, -0.1) is 10.2 Å². The number of ether oxygens (including phenoxy) is 1. The van der Waals surface area contributed by atoms with Crippen molar-refractivity contribution in [1.29, 1.82) is 0 Å². The lowest BCUT2D eigenvalue weighted by Gasteiger charge is -2.26. The topological polar surface area (TPSA) is 55.6 Å². The van der Waals surface area contributed by atoms with Crippen molar-refractivity contribution < 1.29 is 4.74 Å². The van der Waals surface area contributed by atoms with E-state index in [4.69, 9.17) is 4.74 Å². The Kier molecular flexibility index (Phi) is 5.11. The summed E-state index contributed by atoms with van der Waals surface area (Å²) < 4.78 is 7.66. The van der Waals surface area contributed by atoms with Crippen LogP contribution in [0.4, 0.5) is 0 Å². The third-order valence-electron chi connectivity index (χ3n) is 4.90. The normalized spacial score (nSPS) is 15.4. The van der Waals surface area contributed by atoms with Crippen LogP contribution in [0.5, 0.6) is 5.75 Å². The van der Waals surface area contributed by atoms with Crippen molar-refractivity contribution >= 4 is 5.65 Å². The summed E-state index contributed by atoms with van der Waals surface area (Å²) in [6.07, 6.45) is 5.15. The molecule has 26 heavy (non-hydrogen) atoms. The van der Waals surface area contributed by atoms with Crippen LogP contribution in [-0.4, -0.2) is 51.0 Å². The van der Waals surface area contributed by atoms with Gasteiger partial charge in [-0.05, 0) is 75.7 Å². The summed E-state index contributed by atoms with van der Waals surface area (Å²) in [5.74, 6) is 1.70. The summed E-state index contributed by atoms with van der Waals surface area (Å²) in [6.45, 7) is 6.30. The molecule has 0 amide bonds. The van der Waals surface area contributed by atoms with Crippen LogP contribution in [0.1, 0.15) is 31.5 Å². The summed E-state index contributed by atoms with van der Waals surface area (Å²) in [4.78, 5) is 2.55. The molecule has 6 nitrogen and oxygen atoms in total. The zero-order valence-corrected chi connectivity index (χ0v) is 15.3. The van der Waals surface area contributed by atoms with Crippen LogP contribution in [0.15, 0.2) is 36.4 Å². The first-order chi connectivity index (χ1) is 12.8. The maximum atomic E-state index is 5.89. The molecule has 0 spiro atoms. The van der Waals surface area contributed by atoms with E-state index in [0.29, 0.717) is 0 Å². The van der Waals surface area contributed by atoms with E-state index in [1.807, 2.05) is 43.3 Å². The minimum Gasteiger partial charge on any atom is -0.494 e. The van der Waals surface area contributed by atoms with E-state index in [9.17, 15) is 0 Å². The lowest BCUT2D eigenvalue weighted by molar-refractivity contribution is 0.205. The summed E-state index contributed by atoms with van der Waals surface area (Å²) in [5.41, 5.74) is 2.72. The quantitative estimate of drug-likeness (QED) is 0.638. The number of fused-ring (bicyclic) bond motifs is 1. The second-order valence-electron chi connectivity index (χ2n) is 6.86. The molecule has 1 aromatic carbocycles. The van der Waals surface area contributed by atoms with E-state index in [2.05, 4.69) is 20.2 Å². The first-order valence-corrected chi connectivity index (χ1v) is 9.44. The first-order valence-electron chi connectivity index (χ1n) is 9.44. The average molecular weight is 351 g/mol. The zero-order valence-electron chi connectivity index (χ0n) is 15.3. The highest BCUT2D eigenvalue weighted by Gasteiger charge is 2.09. The van der Waals surface area contributed by atoms with E-state index < -0.39 is 0 Å². The van der Waals surface area contributed by atoms with Crippen LogP contribution in [0.3, 0.4) is 0 Å². The Balaban J connectivity index is 1.33. The monoisotopic (exact) mass is 351 g/mol. The molecule has 0 radical (unpaired) electrons. The molecule has 1 aliphatic rings. The lowest BCUT2D eigenvalue weighted by atomic mass is 10.1. The molecule has 6 heteroatoms. The molecule has 3 heterocycles. The molecular weight excluding hydrogens is 326 g/mol. The molecule has 0 unspecified atom stereocenters. The zero-order chi connectivity index (χ0) is 17.8. The predicted octanol–water partition coefficient (Wildman–Crippen LogP) is 3.35. The fourth-order valence-electron chi connectivity index (χ4n) is 3.43. The fourth-order valence-corrected chi connectivity index (χ4v) is 3.43. The highest BCUT2D eigenvalue weighted by atomic mass is 16.5. The second-order valence-corrected chi connectivity index (χ2v) is 6.86. The standard InChI is InChI=1S/C20H25N5O/c1-16-21-22-20-11-10-19(23-25(16)20)17-6-8-18(9-7-17)26-15-5-14-24-12-3-2-4-13-24/h6-11H,2-5,12-15H2,1H3. The van der Waals surface area contributed by atoms with Crippen LogP contribution < -0.4 is 4.74 Å². The number of hydrogen-bond donors (Lipinski definition) is 0. The Hall–Kier alpha value is -2.47. The van der Waals surface area contributed by atoms with Crippen LogP contribution in [-0.2, 0) is 0 Å². The molecular formula is C20H25N5O. The maximum Gasteiger partial charge on any atom is 0.177 e. The number of aromatic nitrogens is 4. The van der Waals surface area contributed by atoms with E-state index in [1.165, 1.54) is 32.4 Å². The molecule has 0 bridgehead atoms. The fraction of sp³-hybridized carbons (Fsp3) is 0.450. The Labute approximate surface area is 153 Å². The third kappa shape index (κ3) is 3.85. The van der Waals surface area contributed by atoms with E-state index in [1.54, 1.807) is 4.52 Å². The Morgan fingerprint density at radius 2 is 1.77 bits per heavy atom. The molecule has 1 saturated heterocycles. The third-order valence-corrected chi connectivity index (χ3v) is 4.90. The molecule has 1 aliphatic heterocycles. The van der Waals surface area contributed by atoms with Gasteiger partial charge in [0.25, 0.3) is 0 Å². The van der Waals surface area contributed by atoms with Gasteiger partial charge in [0.1, 0.15) is 5.75 Å². The Bertz CT molecular complexity index is 852. The number of hydrogen-bond acceptors (Lipinski definition) is 5. The van der Waals surface area contributed by atoms with Crippen molar-refractivity contribution in [2.45, 2.75) is 32.6 Å². The lowest BCUT2D eigenvalue weighted by Crippen LogP contribution is -2.31. The molecule has 3 aromatic rings. The Morgan fingerprint density at radius 1 is 0.962 bits per heavy atom. The minimum absolute atomic E-state index is 0.764. The number of nitrogens with zero attached hydrogens (tertiary/aromatic N) is 5. The van der Waals surface area contributed by atoms with Crippen LogP contribution >= 0.6 is 0 Å². The van der Waals surface area contributed by atoms with E-state index in [0.717, 1.165) is 48.1 Å². The Morgan fingerprint density at radius 3 is 2.58 bits per heavy atom. The number of aryl methyl sites for hydroxylation is 1. The van der Waals surface area contributed by atoms with Crippen LogP contribution in [0, 0.1) is 6.92 Å². The predicted molar refractivity (Wildman–Crippen MR) is 101 cm³/mol. The molecule has 0 aliphatic carbocycles. The van der Waals surface area contributed by atoms with E-state index in [-0.39, 0.29) is 0 Å². The van der Waals surface area contributed by atoms with Gasteiger partial charge in [-0.1, -0.05) is 6.42 Å². The molecule has 1 fully saturated rings. The molecule has 136 valence electrons. The largest absolute Gasteiger partial charge is 0.494 e. The second kappa shape index (κ2) is 7.83. The number of piperidine rings is 1. The van der Waals surface area contributed by atoms with Gasteiger partial charge in [0.15, 0.2) is 11.5 Å². The van der Waals surface area contributed by atoms with Gasteiger partial charge in [0, 0.05) is 12.1 Å². The van der Waals surface area contributed by atoms with Gasteiger partial charge in [0.2, 0.25) is 0 Å². The van der Waals surface area contributed by atoms with Crippen LogP contribution in [0.25, 0.3) is 16.9 Å². The van der Waals surface area contributed by atoms with Gasteiger partial charge in [-0.25, -0.2) is 0 Å². The van der Waals surface area contributed by atoms with Crippen molar-refractivity contribution in [2.24, 2.45) is 0 Å². The smallest absolute Gasteiger partial charge is 0.177 e. The van der Waals surface area contributed by atoms with Crippen molar-refractivity contribution in [3.63, 3.8) is 0 Å². The molecule has 4 rings (SSSR count). The average Bonchev–Trinajstić information content (AvgIpc) is 3.07.